The maximum absolute atomic E-state index is 12.2. The molecule has 1 fully saturated rings. The predicted octanol–water partition coefficient (Wildman–Crippen LogP) is 2.60. The van der Waals surface area contributed by atoms with Crippen molar-refractivity contribution in [2.24, 2.45) is 17.3 Å². The van der Waals surface area contributed by atoms with E-state index in [-0.39, 0.29) is 0 Å². The van der Waals surface area contributed by atoms with Crippen LogP contribution in [0.25, 0.3) is 0 Å². The second kappa shape index (κ2) is 6.86. The van der Waals surface area contributed by atoms with Gasteiger partial charge in [-0.2, -0.15) is 0 Å². The lowest BCUT2D eigenvalue weighted by atomic mass is 9.72. The molecular formula is C15H26N2O3. The first-order valence-corrected chi connectivity index (χ1v) is 7.52. The zero-order chi connectivity index (χ0) is 15.3. The van der Waals surface area contributed by atoms with Crippen molar-refractivity contribution in [3.05, 3.63) is 0 Å². The Balaban J connectivity index is 2.84. The lowest BCUT2D eigenvalue weighted by molar-refractivity contribution is -0.146. The van der Waals surface area contributed by atoms with Crippen molar-refractivity contribution < 1.29 is 14.4 Å². The molecule has 0 bridgehead atoms. The van der Waals surface area contributed by atoms with Crippen LogP contribution in [0.4, 0.5) is 4.79 Å². The van der Waals surface area contributed by atoms with Crippen LogP contribution in [0, 0.1) is 17.3 Å². The van der Waals surface area contributed by atoms with E-state index >= 15 is 0 Å². The molecule has 0 aliphatic carbocycles. The molecule has 5 heteroatoms. The van der Waals surface area contributed by atoms with Crippen molar-refractivity contribution in [2.45, 2.75) is 59.8 Å². The van der Waals surface area contributed by atoms with Gasteiger partial charge in [-0.1, -0.05) is 47.0 Å². The molecule has 1 aliphatic heterocycles. The Bertz CT molecular complexity index is 371. The summed E-state index contributed by atoms with van der Waals surface area (Å²) in [5, 5.41) is 4.47. The quantitative estimate of drug-likeness (QED) is 0.705. The summed E-state index contributed by atoms with van der Waals surface area (Å²) >= 11 is 0. The molecule has 20 heavy (non-hydrogen) atoms. The third kappa shape index (κ3) is 3.58. The lowest BCUT2D eigenvalue weighted by Crippen LogP contribution is -2.62. The van der Waals surface area contributed by atoms with E-state index in [0.29, 0.717) is 24.7 Å². The number of hydrogen-bond donors (Lipinski definition) is 2. The molecule has 1 atom stereocenters. The molecule has 0 aromatic heterocycles. The highest BCUT2D eigenvalue weighted by molar-refractivity contribution is 6.19. The van der Waals surface area contributed by atoms with Crippen LogP contribution in [-0.4, -0.2) is 17.8 Å². The number of imide groups is 2. The summed E-state index contributed by atoms with van der Waals surface area (Å²) in [6.07, 6.45) is 3.95. The maximum Gasteiger partial charge on any atom is 0.328 e. The van der Waals surface area contributed by atoms with E-state index in [2.05, 4.69) is 31.4 Å². The number of carbonyl (C=O) groups excluding carboxylic acids is 3. The zero-order valence-corrected chi connectivity index (χ0v) is 12.9. The molecule has 1 rings (SSSR count). The van der Waals surface area contributed by atoms with Gasteiger partial charge in [-0.3, -0.25) is 20.2 Å². The van der Waals surface area contributed by atoms with E-state index in [1.165, 1.54) is 0 Å². The first-order valence-electron chi connectivity index (χ1n) is 7.52. The first kappa shape index (κ1) is 16.7. The van der Waals surface area contributed by atoms with Gasteiger partial charge in [-0.15, -0.1) is 0 Å². The predicted molar refractivity (Wildman–Crippen MR) is 76.9 cm³/mol. The van der Waals surface area contributed by atoms with Crippen molar-refractivity contribution in [2.75, 3.05) is 0 Å². The average Bonchev–Trinajstić information content (AvgIpc) is 2.37. The van der Waals surface area contributed by atoms with Crippen LogP contribution >= 0.6 is 0 Å². The highest BCUT2D eigenvalue weighted by Gasteiger charge is 2.49. The van der Waals surface area contributed by atoms with Crippen LogP contribution in [0.3, 0.4) is 0 Å². The van der Waals surface area contributed by atoms with E-state index in [1.807, 2.05) is 6.92 Å². The summed E-state index contributed by atoms with van der Waals surface area (Å²) in [5.74, 6) is 0.0350. The highest BCUT2D eigenvalue weighted by atomic mass is 16.2. The highest BCUT2D eigenvalue weighted by Crippen LogP contribution is 2.36. The summed E-state index contributed by atoms with van der Waals surface area (Å²) < 4.78 is 0. The molecule has 5 nitrogen and oxygen atoms in total. The number of hydrogen-bond acceptors (Lipinski definition) is 3. The van der Waals surface area contributed by atoms with E-state index in [0.717, 1.165) is 19.3 Å². The van der Waals surface area contributed by atoms with Gasteiger partial charge in [0.05, 0.1) is 0 Å². The minimum absolute atomic E-state index is 0.321. The summed E-state index contributed by atoms with van der Waals surface area (Å²) in [4.78, 5) is 35.5. The van der Waals surface area contributed by atoms with Crippen LogP contribution in [-0.2, 0) is 9.59 Å². The molecule has 2 N–H and O–H groups in total. The van der Waals surface area contributed by atoms with Gasteiger partial charge in [0.1, 0.15) is 5.41 Å². The number of nitrogens with one attached hydrogen (secondary N) is 2. The van der Waals surface area contributed by atoms with Crippen molar-refractivity contribution >= 4 is 17.8 Å². The Morgan fingerprint density at radius 3 is 1.95 bits per heavy atom. The number of carbonyl (C=O) groups is 3. The fraction of sp³-hybridized carbons (Fsp3) is 0.800. The Kier molecular flexibility index (Phi) is 5.72. The normalized spacial score (nSPS) is 19.8. The average molecular weight is 282 g/mol. The van der Waals surface area contributed by atoms with Gasteiger partial charge < -0.3 is 0 Å². The Labute approximate surface area is 120 Å². The van der Waals surface area contributed by atoms with E-state index in [9.17, 15) is 14.4 Å². The first-order chi connectivity index (χ1) is 9.35. The number of rotatable bonds is 7. The van der Waals surface area contributed by atoms with Gasteiger partial charge in [-0.25, -0.2) is 4.79 Å². The summed E-state index contributed by atoms with van der Waals surface area (Å²) in [6.45, 7) is 8.24. The summed E-state index contributed by atoms with van der Waals surface area (Å²) in [5.41, 5.74) is -1.09. The van der Waals surface area contributed by atoms with Crippen LogP contribution in [0.1, 0.15) is 59.8 Å². The maximum atomic E-state index is 12.2. The molecule has 4 amide bonds. The largest absolute Gasteiger partial charge is 0.328 e. The van der Waals surface area contributed by atoms with E-state index in [4.69, 9.17) is 0 Å². The van der Waals surface area contributed by atoms with Crippen LogP contribution in [0.2, 0.25) is 0 Å². The number of barbiturate groups is 1. The SMILES string of the molecule is CCC(CCC(C)C)CC1(CC)C(=O)NC(=O)NC1=O. The zero-order valence-electron chi connectivity index (χ0n) is 12.9. The van der Waals surface area contributed by atoms with Crippen LogP contribution in [0.15, 0.2) is 0 Å². The Hall–Kier alpha value is -1.39. The molecule has 0 spiro atoms. The van der Waals surface area contributed by atoms with E-state index < -0.39 is 23.3 Å². The summed E-state index contributed by atoms with van der Waals surface area (Å²) in [6, 6.07) is -0.709. The van der Waals surface area contributed by atoms with Crippen LogP contribution in [0.5, 0.6) is 0 Å². The molecule has 1 unspecified atom stereocenters. The number of urea groups is 1. The van der Waals surface area contributed by atoms with Gasteiger partial charge >= 0.3 is 6.03 Å². The van der Waals surface area contributed by atoms with Gasteiger partial charge in [0, 0.05) is 0 Å². The molecule has 0 radical (unpaired) electrons. The van der Waals surface area contributed by atoms with Gasteiger partial charge in [0.25, 0.3) is 0 Å². The third-order valence-electron chi connectivity index (χ3n) is 4.29. The molecule has 0 aromatic rings. The molecule has 1 heterocycles. The smallest absolute Gasteiger partial charge is 0.277 e. The Morgan fingerprint density at radius 1 is 1.00 bits per heavy atom. The molecule has 1 saturated heterocycles. The van der Waals surface area contributed by atoms with Crippen LogP contribution < -0.4 is 10.6 Å². The third-order valence-corrected chi connectivity index (χ3v) is 4.29. The Morgan fingerprint density at radius 2 is 1.55 bits per heavy atom. The monoisotopic (exact) mass is 282 g/mol. The fourth-order valence-electron chi connectivity index (χ4n) is 2.74. The second-order valence-electron chi connectivity index (χ2n) is 6.12. The van der Waals surface area contributed by atoms with Gasteiger partial charge in [0.2, 0.25) is 11.8 Å². The topological polar surface area (TPSA) is 75.3 Å². The fourth-order valence-corrected chi connectivity index (χ4v) is 2.74. The molecule has 0 saturated carbocycles. The van der Waals surface area contributed by atoms with Gasteiger partial charge in [-0.05, 0) is 24.7 Å². The molecule has 0 aromatic carbocycles. The minimum atomic E-state index is -1.09. The molecular weight excluding hydrogens is 256 g/mol. The second-order valence-corrected chi connectivity index (χ2v) is 6.12. The van der Waals surface area contributed by atoms with Crippen molar-refractivity contribution in [1.82, 2.24) is 10.6 Å². The molecule has 114 valence electrons. The van der Waals surface area contributed by atoms with Crippen molar-refractivity contribution in [3.8, 4) is 0 Å². The van der Waals surface area contributed by atoms with Crippen molar-refractivity contribution in [1.29, 1.82) is 0 Å². The van der Waals surface area contributed by atoms with E-state index in [1.54, 1.807) is 0 Å². The lowest BCUT2D eigenvalue weighted by Gasteiger charge is -2.35. The van der Waals surface area contributed by atoms with Crippen molar-refractivity contribution in [3.63, 3.8) is 0 Å². The minimum Gasteiger partial charge on any atom is -0.277 e. The standard InChI is InChI=1S/C15H26N2O3/c1-5-11(8-7-10(3)4)9-15(6-2)12(18)16-14(20)17-13(15)19/h10-11H,5-9H2,1-4H3,(H2,16,17,18,19,20). The number of amides is 4. The van der Waals surface area contributed by atoms with Gasteiger partial charge in [0.15, 0.2) is 0 Å². The molecule has 1 aliphatic rings. The summed E-state index contributed by atoms with van der Waals surface area (Å²) in [7, 11) is 0.